The molecule has 1 aliphatic rings. The Morgan fingerprint density at radius 1 is 1.36 bits per heavy atom. The highest BCUT2D eigenvalue weighted by atomic mass is 32.1. The van der Waals surface area contributed by atoms with Crippen molar-refractivity contribution >= 4 is 22.4 Å². The van der Waals surface area contributed by atoms with Gasteiger partial charge in [0.2, 0.25) is 0 Å². The molecule has 1 aromatic carbocycles. The molecule has 5 nitrogen and oxygen atoms in total. The Morgan fingerprint density at radius 2 is 2.23 bits per heavy atom. The van der Waals surface area contributed by atoms with E-state index in [1.165, 1.54) is 5.01 Å². The van der Waals surface area contributed by atoms with Gasteiger partial charge in [-0.3, -0.25) is 9.88 Å². The maximum Gasteiger partial charge on any atom is 0.417 e. The van der Waals surface area contributed by atoms with E-state index in [0.717, 1.165) is 43.6 Å². The zero-order chi connectivity index (χ0) is 14.9. The average molecular weight is 315 g/mol. The summed E-state index contributed by atoms with van der Waals surface area (Å²) in [5.74, 6) is 0.210. The number of piperidine rings is 1. The van der Waals surface area contributed by atoms with Crippen LogP contribution < -0.4 is 5.76 Å². The Morgan fingerprint density at radius 3 is 3.00 bits per heavy atom. The van der Waals surface area contributed by atoms with Crippen LogP contribution >= 0.6 is 11.3 Å². The zero-order valence-corrected chi connectivity index (χ0v) is 12.9. The molecule has 6 heteroatoms. The Balaban J connectivity index is 1.47. The third kappa shape index (κ3) is 2.60. The number of fused-ring (bicyclic) bond motifs is 1. The number of para-hydroxylation sites is 1. The van der Waals surface area contributed by atoms with Gasteiger partial charge in [0.1, 0.15) is 0 Å². The molecule has 0 saturated carbocycles. The van der Waals surface area contributed by atoms with E-state index in [1.54, 1.807) is 11.3 Å². The summed E-state index contributed by atoms with van der Waals surface area (Å²) < 4.78 is 5.27. The summed E-state index contributed by atoms with van der Waals surface area (Å²) in [6.45, 7) is 2.92. The topological polar surface area (TPSA) is 62.1 Å². The highest BCUT2D eigenvalue weighted by Gasteiger charge is 2.23. The highest BCUT2D eigenvalue weighted by molar-refractivity contribution is 7.09. The van der Waals surface area contributed by atoms with Gasteiger partial charge in [-0.2, -0.15) is 0 Å². The van der Waals surface area contributed by atoms with Crippen LogP contribution in [0.4, 0.5) is 0 Å². The van der Waals surface area contributed by atoms with Gasteiger partial charge in [0.05, 0.1) is 10.5 Å². The van der Waals surface area contributed by atoms with Gasteiger partial charge in [-0.1, -0.05) is 12.1 Å². The van der Waals surface area contributed by atoms with Crippen molar-refractivity contribution in [2.75, 3.05) is 13.1 Å². The van der Waals surface area contributed by atoms with E-state index in [-0.39, 0.29) is 5.76 Å². The number of benzene rings is 1. The van der Waals surface area contributed by atoms with Gasteiger partial charge in [-0.05, 0) is 32.0 Å². The van der Waals surface area contributed by atoms with Crippen molar-refractivity contribution < 1.29 is 4.42 Å². The summed E-state index contributed by atoms with van der Waals surface area (Å²) in [5.41, 5.74) is 2.54. The lowest BCUT2D eigenvalue weighted by molar-refractivity contribution is 0.204. The van der Waals surface area contributed by atoms with Crippen LogP contribution in [0.1, 0.15) is 29.3 Å². The van der Waals surface area contributed by atoms with Crippen LogP contribution in [-0.4, -0.2) is 28.0 Å². The molecule has 3 aromatic rings. The summed E-state index contributed by atoms with van der Waals surface area (Å²) in [4.78, 5) is 20.9. The summed E-state index contributed by atoms with van der Waals surface area (Å²) in [6.07, 6.45) is 4.17. The van der Waals surface area contributed by atoms with Crippen molar-refractivity contribution in [2.45, 2.75) is 25.3 Å². The third-order valence-electron chi connectivity index (χ3n) is 4.31. The molecule has 4 rings (SSSR count). The Hall–Kier alpha value is -1.92. The first-order valence-corrected chi connectivity index (χ1v) is 8.40. The molecule has 1 N–H and O–H groups in total. The first kappa shape index (κ1) is 13.7. The first-order chi connectivity index (χ1) is 10.8. The van der Waals surface area contributed by atoms with Crippen LogP contribution in [0.25, 0.3) is 11.1 Å². The van der Waals surface area contributed by atoms with Gasteiger partial charge < -0.3 is 4.42 Å². The fourth-order valence-electron chi connectivity index (χ4n) is 3.17. The van der Waals surface area contributed by atoms with Crippen LogP contribution in [0.2, 0.25) is 0 Å². The monoisotopic (exact) mass is 315 g/mol. The number of nitrogens with one attached hydrogen (secondary N) is 1. The lowest BCUT2D eigenvalue weighted by Gasteiger charge is -2.31. The number of hydrogen-bond donors (Lipinski definition) is 1. The number of thiazole rings is 1. The third-order valence-corrected chi connectivity index (χ3v) is 5.25. The Kier molecular flexibility index (Phi) is 3.56. The number of hydrogen-bond acceptors (Lipinski definition) is 5. The minimum Gasteiger partial charge on any atom is -0.408 e. The molecular formula is C16H17N3O2S. The summed E-state index contributed by atoms with van der Waals surface area (Å²) in [6, 6.07) is 5.87. The minimum atomic E-state index is -0.384. The van der Waals surface area contributed by atoms with Gasteiger partial charge in [0.25, 0.3) is 0 Å². The fraction of sp³-hybridized carbons (Fsp3) is 0.375. The zero-order valence-electron chi connectivity index (χ0n) is 12.1. The van der Waals surface area contributed by atoms with Crippen molar-refractivity contribution in [1.82, 2.24) is 14.9 Å². The van der Waals surface area contributed by atoms with Gasteiger partial charge in [-0.25, -0.2) is 9.78 Å². The van der Waals surface area contributed by atoms with Gasteiger partial charge in [0, 0.05) is 29.6 Å². The Bertz CT molecular complexity index is 813. The van der Waals surface area contributed by atoms with Crippen molar-refractivity contribution in [1.29, 1.82) is 0 Å². The Labute approximate surface area is 131 Å². The largest absolute Gasteiger partial charge is 0.417 e. The fourth-order valence-corrected chi connectivity index (χ4v) is 3.98. The van der Waals surface area contributed by atoms with E-state index in [0.29, 0.717) is 11.5 Å². The molecule has 0 radical (unpaired) electrons. The summed E-state index contributed by atoms with van der Waals surface area (Å²) in [7, 11) is 0. The molecule has 1 aliphatic heterocycles. The quantitative estimate of drug-likeness (QED) is 0.807. The van der Waals surface area contributed by atoms with Gasteiger partial charge in [0.15, 0.2) is 5.58 Å². The molecule has 114 valence electrons. The normalized spacial score (nSPS) is 17.3. The molecule has 0 spiro atoms. The number of H-pyrrole nitrogens is 1. The van der Waals surface area contributed by atoms with Gasteiger partial charge in [-0.15, -0.1) is 11.3 Å². The number of oxazole rings is 1. The van der Waals surface area contributed by atoms with Crippen LogP contribution in [-0.2, 0) is 6.54 Å². The molecule has 0 bridgehead atoms. The second kappa shape index (κ2) is 5.70. The maximum absolute atomic E-state index is 11.4. The molecule has 1 fully saturated rings. The van der Waals surface area contributed by atoms with Crippen LogP contribution in [0.15, 0.2) is 39.0 Å². The predicted octanol–water partition coefficient (Wildman–Crippen LogP) is 2.96. The molecule has 2 aromatic heterocycles. The van der Waals surface area contributed by atoms with E-state index in [4.69, 9.17) is 4.42 Å². The van der Waals surface area contributed by atoms with Crippen LogP contribution in [0, 0.1) is 0 Å². The first-order valence-electron chi connectivity index (χ1n) is 7.52. The standard InChI is InChI=1S/C16H17N3O2S/c20-16-18-13-3-1-2-12(14(13)21-16)10-19-7-4-11(5-8-19)15-17-6-9-22-15/h1-3,6,9,11H,4-5,7-8,10H2,(H,18,20). The van der Waals surface area contributed by atoms with Crippen molar-refractivity contribution in [3.05, 3.63) is 50.9 Å². The number of rotatable bonds is 3. The van der Waals surface area contributed by atoms with Crippen LogP contribution in [0.3, 0.4) is 0 Å². The van der Waals surface area contributed by atoms with Gasteiger partial charge >= 0.3 is 5.76 Å². The lowest BCUT2D eigenvalue weighted by Crippen LogP contribution is -2.32. The van der Waals surface area contributed by atoms with Crippen molar-refractivity contribution in [2.24, 2.45) is 0 Å². The summed E-state index contributed by atoms with van der Waals surface area (Å²) >= 11 is 1.76. The molecular weight excluding hydrogens is 298 g/mol. The molecule has 0 unspecified atom stereocenters. The maximum atomic E-state index is 11.4. The molecule has 3 heterocycles. The number of nitrogens with zero attached hydrogens (tertiary/aromatic N) is 2. The van der Waals surface area contributed by atoms with E-state index in [9.17, 15) is 4.79 Å². The van der Waals surface area contributed by atoms with E-state index in [1.807, 2.05) is 24.4 Å². The second-order valence-electron chi connectivity index (χ2n) is 5.73. The minimum absolute atomic E-state index is 0.384. The molecule has 0 amide bonds. The molecule has 1 saturated heterocycles. The van der Waals surface area contributed by atoms with Crippen molar-refractivity contribution in [3.63, 3.8) is 0 Å². The second-order valence-corrected chi connectivity index (χ2v) is 6.66. The lowest BCUT2D eigenvalue weighted by atomic mass is 9.97. The van der Waals surface area contributed by atoms with E-state index < -0.39 is 0 Å². The molecule has 22 heavy (non-hydrogen) atoms. The number of likely N-dealkylation sites (tertiary alicyclic amines) is 1. The van der Waals surface area contributed by atoms with E-state index >= 15 is 0 Å². The molecule has 0 aliphatic carbocycles. The summed E-state index contributed by atoms with van der Waals surface area (Å²) in [5, 5.41) is 3.31. The predicted molar refractivity (Wildman–Crippen MR) is 86.2 cm³/mol. The van der Waals surface area contributed by atoms with Crippen molar-refractivity contribution in [3.8, 4) is 0 Å². The average Bonchev–Trinajstić information content (AvgIpc) is 3.17. The number of aromatic nitrogens is 2. The number of aromatic amines is 1. The van der Waals surface area contributed by atoms with Crippen LogP contribution in [0.5, 0.6) is 0 Å². The highest BCUT2D eigenvalue weighted by Crippen LogP contribution is 2.30. The van der Waals surface area contributed by atoms with E-state index in [2.05, 4.69) is 20.2 Å². The smallest absolute Gasteiger partial charge is 0.408 e. The SMILES string of the molecule is O=c1[nH]c2cccc(CN3CCC(c4nccs4)CC3)c2o1. The molecule has 0 atom stereocenters.